The van der Waals surface area contributed by atoms with E-state index in [1.54, 1.807) is 18.2 Å². The highest BCUT2D eigenvalue weighted by atomic mass is 16.5. The number of esters is 1. The maximum absolute atomic E-state index is 13.6. The first kappa shape index (κ1) is 26.8. The Hall–Kier alpha value is -2.49. The van der Waals surface area contributed by atoms with Crippen LogP contribution in [0.25, 0.3) is 0 Å². The third-order valence-corrected chi connectivity index (χ3v) is 5.85. The summed E-state index contributed by atoms with van der Waals surface area (Å²) >= 11 is 0. The standard InChI is InChI=1S/C29H42O4/c1-26(2,3)18-13-14-21(30)22(29(10,11)12)24(18)33-25(32)17-15-19(27(4,5)6)23(31)20(16-17)28(7,8)9/h13-16,30-31H,1-12H3. The fourth-order valence-corrected chi connectivity index (χ4v) is 4.04. The number of ether oxygens (including phenoxy) is 1. The van der Waals surface area contributed by atoms with Crippen LogP contribution in [0, 0.1) is 0 Å². The zero-order chi connectivity index (χ0) is 25.7. The zero-order valence-corrected chi connectivity index (χ0v) is 22.5. The second kappa shape index (κ2) is 8.38. The van der Waals surface area contributed by atoms with Crippen molar-refractivity contribution in [3.63, 3.8) is 0 Å². The van der Waals surface area contributed by atoms with Crippen LogP contribution in [0.5, 0.6) is 17.2 Å². The van der Waals surface area contributed by atoms with Crippen LogP contribution in [0.2, 0.25) is 0 Å². The van der Waals surface area contributed by atoms with Crippen molar-refractivity contribution in [3.8, 4) is 17.2 Å². The van der Waals surface area contributed by atoms with Gasteiger partial charge in [-0.3, -0.25) is 0 Å². The third-order valence-electron chi connectivity index (χ3n) is 5.85. The third kappa shape index (κ3) is 5.72. The fraction of sp³-hybridized carbons (Fsp3) is 0.552. The maximum atomic E-state index is 13.6. The largest absolute Gasteiger partial charge is 0.508 e. The zero-order valence-electron chi connectivity index (χ0n) is 22.5. The molecule has 4 heteroatoms. The summed E-state index contributed by atoms with van der Waals surface area (Å²) in [4.78, 5) is 13.6. The number of carbonyl (C=O) groups excluding carboxylic acids is 1. The first-order valence-corrected chi connectivity index (χ1v) is 11.6. The number of aromatic hydroxyl groups is 2. The van der Waals surface area contributed by atoms with Gasteiger partial charge in [0, 0.05) is 22.3 Å². The van der Waals surface area contributed by atoms with E-state index in [0.717, 1.165) is 5.56 Å². The second-order valence-electron chi connectivity index (χ2n) is 13.1. The molecule has 0 spiro atoms. The van der Waals surface area contributed by atoms with E-state index in [4.69, 9.17) is 4.74 Å². The lowest BCUT2D eigenvalue weighted by molar-refractivity contribution is 0.0728. The molecule has 2 N–H and O–H groups in total. The Kier molecular flexibility index (Phi) is 6.79. The minimum atomic E-state index is -0.507. The smallest absolute Gasteiger partial charge is 0.343 e. The van der Waals surface area contributed by atoms with E-state index in [1.165, 1.54) is 0 Å². The Bertz CT molecular complexity index is 1010. The Balaban J connectivity index is 2.77. The lowest BCUT2D eigenvalue weighted by atomic mass is 9.78. The van der Waals surface area contributed by atoms with Crippen LogP contribution in [0.1, 0.15) is 116 Å². The monoisotopic (exact) mass is 454 g/mol. The number of phenols is 2. The lowest BCUT2D eigenvalue weighted by Crippen LogP contribution is -2.23. The topological polar surface area (TPSA) is 66.8 Å². The molecular formula is C29H42O4. The Labute approximate surface area is 200 Å². The summed E-state index contributed by atoms with van der Waals surface area (Å²) in [7, 11) is 0. The van der Waals surface area contributed by atoms with Crippen LogP contribution < -0.4 is 4.74 Å². The molecule has 2 rings (SSSR count). The summed E-state index contributed by atoms with van der Waals surface area (Å²) in [6, 6.07) is 6.95. The van der Waals surface area contributed by atoms with Gasteiger partial charge < -0.3 is 14.9 Å². The molecule has 0 bridgehead atoms. The van der Waals surface area contributed by atoms with Crippen molar-refractivity contribution < 1.29 is 19.7 Å². The van der Waals surface area contributed by atoms with Gasteiger partial charge in [0.2, 0.25) is 0 Å². The van der Waals surface area contributed by atoms with Crippen molar-refractivity contribution in [2.24, 2.45) is 0 Å². The molecule has 0 amide bonds. The number of benzene rings is 2. The molecule has 0 aliphatic carbocycles. The number of rotatable bonds is 2. The number of phenolic OH excluding ortho intramolecular Hbond substituents is 2. The molecule has 0 atom stereocenters. The van der Waals surface area contributed by atoms with Gasteiger partial charge in [0.05, 0.1) is 5.56 Å². The van der Waals surface area contributed by atoms with E-state index in [9.17, 15) is 15.0 Å². The van der Waals surface area contributed by atoms with E-state index in [1.807, 2.05) is 68.4 Å². The van der Waals surface area contributed by atoms with Crippen LogP contribution in [0.4, 0.5) is 0 Å². The van der Waals surface area contributed by atoms with Gasteiger partial charge in [-0.15, -0.1) is 0 Å². The van der Waals surface area contributed by atoms with E-state index in [-0.39, 0.29) is 27.7 Å². The quantitative estimate of drug-likeness (QED) is 0.364. The van der Waals surface area contributed by atoms with Gasteiger partial charge in [0.15, 0.2) is 0 Å². The first-order valence-electron chi connectivity index (χ1n) is 11.6. The van der Waals surface area contributed by atoms with Crippen LogP contribution >= 0.6 is 0 Å². The molecule has 0 aliphatic rings. The van der Waals surface area contributed by atoms with E-state index in [0.29, 0.717) is 28.0 Å². The van der Waals surface area contributed by atoms with Crippen LogP contribution in [-0.4, -0.2) is 16.2 Å². The molecular weight excluding hydrogens is 412 g/mol. The summed E-state index contributed by atoms with van der Waals surface area (Å²) in [5, 5.41) is 21.7. The lowest BCUT2D eigenvalue weighted by Gasteiger charge is -2.30. The molecule has 0 saturated carbocycles. The van der Waals surface area contributed by atoms with Gasteiger partial charge >= 0.3 is 5.97 Å². The molecule has 0 saturated heterocycles. The molecule has 0 aromatic heterocycles. The van der Waals surface area contributed by atoms with Gasteiger partial charge in [-0.2, -0.15) is 0 Å². The van der Waals surface area contributed by atoms with Crippen LogP contribution in [0.3, 0.4) is 0 Å². The molecule has 0 unspecified atom stereocenters. The maximum Gasteiger partial charge on any atom is 0.343 e. The SMILES string of the molecule is CC(C)(C)c1cc(C(=O)Oc2c(C(C)(C)C)ccc(O)c2C(C)(C)C)cc(C(C)(C)C)c1O. The van der Waals surface area contributed by atoms with Gasteiger partial charge in [-0.1, -0.05) is 89.2 Å². The Morgan fingerprint density at radius 1 is 0.667 bits per heavy atom. The molecule has 182 valence electrons. The fourth-order valence-electron chi connectivity index (χ4n) is 4.04. The van der Waals surface area contributed by atoms with Gasteiger partial charge in [-0.25, -0.2) is 4.79 Å². The predicted octanol–water partition coefficient (Wildman–Crippen LogP) is 7.51. The summed E-state index contributed by atoms with van der Waals surface area (Å²) in [5.74, 6) is 0.222. The highest BCUT2D eigenvalue weighted by molar-refractivity contribution is 5.92. The van der Waals surface area contributed by atoms with E-state index in [2.05, 4.69) is 20.8 Å². The highest BCUT2D eigenvalue weighted by Crippen LogP contribution is 2.45. The summed E-state index contributed by atoms with van der Waals surface area (Å²) in [6.45, 7) is 24.2. The summed E-state index contributed by atoms with van der Waals surface area (Å²) in [5.41, 5.74) is 1.77. The van der Waals surface area contributed by atoms with E-state index < -0.39 is 11.4 Å². The van der Waals surface area contributed by atoms with Gasteiger partial charge in [-0.05, 0) is 39.9 Å². The van der Waals surface area contributed by atoms with Crippen LogP contribution in [0.15, 0.2) is 24.3 Å². The van der Waals surface area contributed by atoms with Crippen LogP contribution in [-0.2, 0) is 21.7 Å². The van der Waals surface area contributed by atoms with Gasteiger partial charge in [0.1, 0.15) is 17.2 Å². The average Bonchev–Trinajstić information content (AvgIpc) is 2.57. The van der Waals surface area contributed by atoms with Crippen molar-refractivity contribution in [2.75, 3.05) is 0 Å². The Morgan fingerprint density at radius 2 is 1.09 bits per heavy atom. The van der Waals surface area contributed by atoms with Crippen molar-refractivity contribution in [1.82, 2.24) is 0 Å². The predicted molar refractivity (Wildman–Crippen MR) is 136 cm³/mol. The summed E-state index contributed by atoms with van der Waals surface area (Å²) < 4.78 is 6.09. The van der Waals surface area contributed by atoms with Crippen molar-refractivity contribution in [2.45, 2.75) is 105 Å². The Morgan fingerprint density at radius 3 is 1.45 bits per heavy atom. The highest BCUT2D eigenvalue weighted by Gasteiger charge is 2.33. The van der Waals surface area contributed by atoms with E-state index >= 15 is 0 Å². The molecule has 0 aliphatic heterocycles. The minimum absolute atomic E-state index is 0.106. The number of hydrogen-bond donors (Lipinski definition) is 2. The molecule has 33 heavy (non-hydrogen) atoms. The first-order chi connectivity index (χ1) is 14.7. The average molecular weight is 455 g/mol. The summed E-state index contributed by atoms with van der Waals surface area (Å²) in [6.07, 6.45) is 0. The number of carbonyl (C=O) groups is 1. The molecule has 0 fully saturated rings. The molecule has 2 aromatic rings. The number of hydrogen-bond acceptors (Lipinski definition) is 4. The molecule has 2 aromatic carbocycles. The molecule has 4 nitrogen and oxygen atoms in total. The second-order valence-corrected chi connectivity index (χ2v) is 13.1. The van der Waals surface area contributed by atoms with Crippen molar-refractivity contribution >= 4 is 5.97 Å². The normalized spacial score (nSPS) is 13.2. The van der Waals surface area contributed by atoms with Crippen molar-refractivity contribution in [3.05, 3.63) is 52.1 Å². The van der Waals surface area contributed by atoms with Crippen molar-refractivity contribution in [1.29, 1.82) is 0 Å². The minimum Gasteiger partial charge on any atom is -0.508 e. The molecule has 0 radical (unpaired) electrons. The molecule has 0 heterocycles. The van der Waals surface area contributed by atoms with Gasteiger partial charge in [0.25, 0.3) is 0 Å².